The molecule has 0 aliphatic carbocycles. The summed E-state index contributed by atoms with van der Waals surface area (Å²) < 4.78 is 62.5. The molecule has 1 aromatic heterocycles. The van der Waals surface area contributed by atoms with E-state index in [1.807, 2.05) is 20.8 Å². The van der Waals surface area contributed by atoms with E-state index in [4.69, 9.17) is 9.15 Å². The summed E-state index contributed by atoms with van der Waals surface area (Å²) in [5.41, 5.74) is -5.99. The van der Waals surface area contributed by atoms with Crippen LogP contribution in [-0.2, 0) is 11.1 Å². The zero-order valence-electron chi connectivity index (χ0n) is 13.3. The summed E-state index contributed by atoms with van der Waals surface area (Å²) in [6.07, 6.45) is 0.760. The number of ether oxygens (including phenoxy) is 1. The van der Waals surface area contributed by atoms with Crippen LogP contribution in [0.1, 0.15) is 27.2 Å². The monoisotopic (exact) mass is 366 g/mol. The predicted octanol–water partition coefficient (Wildman–Crippen LogP) is 4.17. The van der Waals surface area contributed by atoms with Crippen LogP contribution in [0.25, 0.3) is 11.0 Å². The van der Waals surface area contributed by atoms with Gasteiger partial charge in [-0.1, -0.05) is 20.8 Å². The average Bonchev–Trinajstić information content (AvgIpc) is 2.53. The van der Waals surface area contributed by atoms with E-state index in [0.29, 0.717) is 18.4 Å². The smallest absolute Gasteiger partial charge is 0.493 e. The summed E-state index contributed by atoms with van der Waals surface area (Å²) in [5.74, 6) is -0.0736. The number of alkyl halides is 3. The fourth-order valence-electron chi connectivity index (χ4n) is 1.62. The molecular formula is C15H17F3O5S. The van der Waals surface area contributed by atoms with Crippen molar-refractivity contribution in [1.29, 1.82) is 0 Å². The first kappa shape index (κ1) is 20.0. The van der Waals surface area contributed by atoms with E-state index >= 15 is 0 Å². The third kappa shape index (κ3) is 5.26. The predicted molar refractivity (Wildman–Crippen MR) is 84.4 cm³/mol. The molecule has 0 aliphatic heterocycles. The third-order valence-electron chi connectivity index (χ3n) is 2.51. The molecule has 1 unspecified atom stereocenters. The second kappa shape index (κ2) is 8.72. The standard InChI is InChI=1S/C13H11F3O5S.C2H6/c1-2-5-19-8-3-4-9-10(6-8)20-12(17)7-11(9)21-22(18)13(14,15)16;1-2/h3-4,6-7H,2,5H2,1H3;1-2H3. The molecule has 0 saturated carbocycles. The van der Waals surface area contributed by atoms with Gasteiger partial charge in [-0.3, -0.25) is 0 Å². The highest BCUT2D eigenvalue weighted by atomic mass is 32.2. The van der Waals surface area contributed by atoms with E-state index in [9.17, 15) is 22.2 Å². The average molecular weight is 366 g/mol. The summed E-state index contributed by atoms with van der Waals surface area (Å²) in [4.78, 5) is 11.4. The molecule has 24 heavy (non-hydrogen) atoms. The molecule has 0 spiro atoms. The molecule has 0 aliphatic rings. The minimum Gasteiger partial charge on any atom is -0.493 e. The molecular weight excluding hydrogens is 349 g/mol. The van der Waals surface area contributed by atoms with E-state index in [-0.39, 0.29) is 11.0 Å². The van der Waals surface area contributed by atoms with E-state index in [1.54, 1.807) is 0 Å². The summed E-state index contributed by atoms with van der Waals surface area (Å²) in [6, 6.07) is 4.92. The van der Waals surface area contributed by atoms with Crippen LogP contribution in [0.4, 0.5) is 13.2 Å². The number of hydrogen-bond donors (Lipinski definition) is 0. The maximum Gasteiger partial charge on any atom is 0.508 e. The van der Waals surface area contributed by atoms with Gasteiger partial charge in [-0.25, -0.2) is 9.00 Å². The highest BCUT2D eigenvalue weighted by molar-refractivity contribution is 7.81. The van der Waals surface area contributed by atoms with E-state index in [1.165, 1.54) is 18.2 Å². The van der Waals surface area contributed by atoms with Gasteiger partial charge in [0.15, 0.2) is 5.75 Å². The Balaban J connectivity index is 0.00000139. The fraction of sp³-hybridized carbons (Fsp3) is 0.400. The molecule has 134 valence electrons. The van der Waals surface area contributed by atoms with Crippen LogP contribution < -0.4 is 14.5 Å². The van der Waals surface area contributed by atoms with Gasteiger partial charge in [0.25, 0.3) is 0 Å². The first-order valence-corrected chi connectivity index (χ1v) is 8.26. The van der Waals surface area contributed by atoms with Gasteiger partial charge in [0.2, 0.25) is 0 Å². The number of benzene rings is 1. The number of hydrogen-bond acceptors (Lipinski definition) is 5. The second-order valence-electron chi connectivity index (χ2n) is 4.20. The Morgan fingerprint density at radius 3 is 2.46 bits per heavy atom. The lowest BCUT2D eigenvalue weighted by molar-refractivity contribution is -0.0437. The fourth-order valence-corrected chi connectivity index (χ4v) is 2.02. The van der Waals surface area contributed by atoms with Crippen LogP contribution in [0.3, 0.4) is 0 Å². The van der Waals surface area contributed by atoms with Gasteiger partial charge >= 0.3 is 22.2 Å². The van der Waals surface area contributed by atoms with Crippen LogP contribution in [0.2, 0.25) is 0 Å². The van der Waals surface area contributed by atoms with Gasteiger partial charge in [0, 0.05) is 6.07 Å². The lowest BCUT2D eigenvalue weighted by atomic mass is 10.2. The first-order chi connectivity index (χ1) is 11.3. The van der Waals surface area contributed by atoms with Crippen molar-refractivity contribution in [3.8, 4) is 11.5 Å². The van der Waals surface area contributed by atoms with Gasteiger partial charge in [-0.15, -0.1) is 0 Å². The Morgan fingerprint density at radius 2 is 1.88 bits per heavy atom. The Hall–Kier alpha value is -2.03. The number of rotatable bonds is 5. The van der Waals surface area contributed by atoms with Crippen molar-refractivity contribution in [2.75, 3.05) is 6.61 Å². The summed E-state index contributed by atoms with van der Waals surface area (Å²) in [7, 11) is 0. The minimum atomic E-state index is -5.05. The van der Waals surface area contributed by atoms with Gasteiger partial charge in [0.1, 0.15) is 11.3 Å². The molecule has 0 amide bonds. The van der Waals surface area contributed by atoms with Gasteiger partial charge in [0.05, 0.1) is 18.1 Å². The molecule has 0 bridgehead atoms. The Morgan fingerprint density at radius 1 is 1.21 bits per heavy atom. The van der Waals surface area contributed by atoms with Crippen LogP contribution >= 0.6 is 0 Å². The molecule has 1 atom stereocenters. The summed E-state index contributed by atoms with van der Waals surface area (Å²) in [5, 5.41) is 0.0843. The molecule has 0 N–H and O–H groups in total. The largest absolute Gasteiger partial charge is 0.508 e. The Bertz CT molecular complexity index is 755. The van der Waals surface area contributed by atoms with Crippen molar-refractivity contribution in [3.63, 3.8) is 0 Å². The van der Waals surface area contributed by atoms with Crippen molar-refractivity contribution in [1.82, 2.24) is 0 Å². The molecule has 1 heterocycles. The number of fused-ring (bicyclic) bond motifs is 1. The van der Waals surface area contributed by atoms with E-state index in [2.05, 4.69) is 4.18 Å². The second-order valence-corrected chi connectivity index (χ2v) is 5.30. The van der Waals surface area contributed by atoms with Crippen LogP contribution in [0.5, 0.6) is 11.5 Å². The van der Waals surface area contributed by atoms with E-state index < -0.39 is 28.0 Å². The number of halogens is 3. The zero-order chi connectivity index (χ0) is 18.3. The molecule has 9 heteroatoms. The van der Waals surface area contributed by atoms with Crippen molar-refractivity contribution in [2.24, 2.45) is 0 Å². The van der Waals surface area contributed by atoms with Crippen LogP contribution in [-0.4, -0.2) is 16.3 Å². The molecule has 0 fully saturated rings. The highest BCUT2D eigenvalue weighted by Gasteiger charge is 2.40. The van der Waals surface area contributed by atoms with Crippen LogP contribution in [0.15, 0.2) is 33.5 Å². The van der Waals surface area contributed by atoms with Crippen molar-refractivity contribution in [2.45, 2.75) is 32.7 Å². The van der Waals surface area contributed by atoms with Gasteiger partial charge < -0.3 is 13.3 Å². The quantitative estimate of drug-likeness (QED) is 0.743. The maximum atomic E-state index is 12.3. The topological polar surface area (TPSA) is 65.7 Å². The SMILES string of the molecule is CC.CCCOc1ccc2c(OS(=O)C(F)(F)F)cc(=O)oc2c1. The van der Waals surface area contributed by atoms with E-state index in [0.717, 1.165) is 6.42 Å². The maximum absolute atomic E-state index is 12.3. The molecule has 1 aromatic carbocycles. The summed E-state index contributed by atoms with van der Waals surface area (Å²) >= 11 is -3.57. The molecule has 2 aromatic rings. The zero-order valence-corrected chi connectivity index (χ0v) is 14.1. The molecule has 0 saturated heterocycles. The summed E-state index contributed by atoms with van der Waals surface area (Å²) in [6.45, 7) is 6.34. The van der Waals surface area contributed by atoms with Crippen molar-refractivity contribution < 1.29 is 30.7 Å². The molecule has 0 radical (unpaired) electrons. The third-order valence-corrected chi connectivity index (χ3v) is 3.21. The Labute approximate surface area is 139 Å². The molecule has 5 nitrogen and oxygen atoms in total. The van der Waals surface area contributed by atoms with Gasteiger partial charge in [-0.05, 0) is 18.6 Å². The van der Waals surface area contributed by atoms with Crippen LogP contribution in [0, 0.1) is 0 Å². The van der Waals surface area contributed by atoms with Gasteiger partial charge in [-0.2, -0.15) is 13.2 Å². The highest BCUT2D eigenvalue weighted by Crippen LogP contribution is 2.30. The lowest BCUT2D eigenvalue weighted by Gasteiger charge is -2.10. The van der Waals surface area contributed by atoms with Crippen molar-refractivity contribution >= 4 is 22.0 Å². The lowest BCUT2D eigenvalue weighted by Crippen LogP contribution is -2.21. The van der Waals surface area contributed by atoms with Crippen molar-refractivity contribution in [3.05, 3.63) is 34.7 Å². The molecule has 2 rings (SSSR count). The normalized spacial score (nSPS) is 12.2. The minimum absolute atomic E-state index is 0.0183. The Kier molecular flexibility index (Phi) is 7.27. The first-order valence-electron chi connectivity index (χ1n) is 7.19.